The summed E-state index contributed by atoms with van der Waals surface area (Å²) >= 11 is 6.32. The normalized spacial score (nSPS) is 20.3. The Labute approximate surface area is 119 Å². The van der Waals surface area contributed by atoms with Crippen molar-refractivity contribution in [3.8, 4) is 0 Å². The average Bonchev–Trinajstić information content (AvgIpc) is 2.37. The highest BCUT2D eigenvalue weighted by atomic mass is 35.5. The van der Waals surface area contributed by atoms with Crippen molar-refractivity contribution in [1.82, 2.24) is 4.90 Å². The molecule has 1 saturated heterocycles. The molecular formula is C14H21ClN4. The third kappa shape index (κ3) is 3.19. The zero-order valence-electron chi connectivity index (χ0n) is 11.5. The van der Waals surface area contributed by atoms with Gasteiger partial charge in [0.25, 0.3) is 0 Å². The molecule has 1 aliphatic rings. The highest BCUT2D eigenvalue weighted by molar-refractivity contribution is 6.33. The van der Waals surface area contributed by atoms with E-state index in [1.807, 2.05) is 12.1 Å². The Kier molecular flexibility index (Phi) is 4.32. The Morgan fingerprint density at radius 1 is 1.53 bits per heavy atom. The van der Waals surface area contributed by atoms with Gasteiger partial charge in [-0.05, 0) is 44.6 Å². The van der Waals surface area contributed by atoms with Crippen molar-refractivity contribution in [2.45, 2.75) is 18.9 Å². The van der Waals surface area contributed by atoms with Crippen LogP contribution in [-0.2, 0) is 0 Å². The number of hydrogen-bond acceptors (Lipinski definition) is 3. The third-order valence-corrected chi connectivity index (χ3v) is 4.09. The highest BCUT2D eigenvalue weighted by Gasteiger charge is 2.22. The van der Waals surface area contributed by atoms with E-state index in [1.54, 1.807) is 6.07 Å². The summed E-state index contributed by atoms with van der Waals surface area (Å²) in [5.41, 5.74) is 7.15. The summed E-state index contributed by atoms with van der Waals surface area (Å²) in [5.74, 6) is 0.0495. The summed E-state index contributed by atoms with van der Waals surface area (Å²) in [4.78, 5) is 4.59. The van der Waals surface area contributed by atoms with Gasteiger partial charge in [-0.2, -0.15) is 0 Å². The first kappa shape index (κ1) is 14.2. The minimum Gasteiger partial charge on any atom is -0.384 e. The predicted octanol–water partition coefficient (Wildman–Crippen LogP) is 2.15. The molecular weight excluding hydrogens is 260 g/mol. The van der Waals surface area contributed by atoms with Crippen LogP contribution in [0.15, 0.2) is 18.2 Å². The van der Waals surface area contributed by atoms with E-state index in [0.717, 1.165) is 12.2 Å². The molecule has 104 valence electrons. The fraction of sp³-hybridized carbons (Fsp3) is 0.500. The monoisotopic (exact) mass is 280 g/mol. The summed E-state index contributed by atoms with van der Waals surface area (Å²) in [7, 11) is 4.24. The van der Waals surface area contributed by atoms with Gasteiger partial charge in [0.2, 0.25) is 0 Å². The fourth-order valence-electron chi connectivity index (χ4n) is 2.61. The van der Waals surface area contributed by atoms with Crippen molar-refractivity contribution in [1.29, 1.82) is 5.41 Å². The number of rotatable bonds is 3. The number of piperidine rings is 1. The molecule has 1 unspecified atom stereocenters. The van der Waals surface area contributed by atoms with Crippen molar-refractivity contribution in [2.24, 2.45) is 5.73 Å². The van der Waals surface area contributed by atoms with E-state index in [4.69, 9.17) is 22.7 Å². The molecule has 0 aromatic heterocycles. The average molecular weight is 281 g/mol. The number of nitrogens with one attached hydrogen (secondary N) is 1. The summed E-state index contributed by atoms with van der Waals surface area (Å²) < 4.78 is 0. The molecule has 0 spiro atoms. The smallest absolute Gasteiger partial charge is 0.122 e. The second kappa shape index (κ2) is 5.80. The summed E-state index contributed by atoms with van der Waals surface area (Å²) in [6.45, 7) is 2.22. The lowest BCUT2D eigenvalue weighted by Gasteiger charge is -2.37. The SMILES string of the molecule is CN1CCCC(N(C)c2ccc(C(=N)N)cc2Cl)C1. The quantitative estimate of drug-likeness (QED) is 0.659. The maximum Gasteiger partial charge on any atom is 0.122 e. The van der Waals surface area contributed by atoms with Crippen molar-refractivity contribution in [3.05, 3.63) is 28.8 Å². The van der Waals surface area contributed by atoms with Crippen LogP contribution in [-0.4, -0.2) is 44.0 Å². The number of benzene rings is 1. The van der Waals surface area contributed by atoms with E-state index in [2.05, 4.69) is 23.9 Å². The van der Waals surface area contributed by atoms with Gasteiger partial charge in [-0.3, -0.25) is 5.41 Å². The van der Waals surface area contributed by atoms with Crippen LogP contribution in [0.2, 0.25) is 5.02 Å². The minimum atomic E-state index is 0.0495. The van der Waals surface area contributed by atoms with Crippen LogP contribution in [0.4, 0.5) is 5.69 Å². The van der Waals surface area contributed by atoms with E-state index < -0.39 is 0 Å². The molecule has 2 rings (SSSR count). The molecule has 4 nitrogen and oxygen atoms in total. The van der Waals surface area contributed by atoms with E-state index in [1.165, 1.54) is 19.4 Å². The van der Waals surface area contributed by atoms with Crippen molar-refractivity contribution in [3.63, 3.8) is 0 Å². The molecule has 1 heterocycles. The molecule has 1 atom stereocenters. The molecule has 1 fully saturated rings. The van der Waals surface area contributed by atoms with Gasteiger partial charge in [0.05, 0.1) is 10.7 Å². The predicted molar refractivity (Wildman–Crippen MR) is 81.4 cm³/mol. The molecule has 0 saturated carbocycles. The number of amidine groups is 1. The number of nitrogen functional groups attached to an aromatic ring is 1. The fourth-order valence-corrected chi connectivity index (χ4v) is 2.93. The molecule has 0 bridgehead atoms. The number of likely N-dealkylation sites (tertiary alicyclic amines) is 1. The zero-order valence-corrected chi connectivity index (χ0v) is 12.2. The first-order valence-electron chi connectivity index (χ1n) is 6.54. The zero-order chi connectivity index (χ0) is 14.0. The Bertz CT molecular complexity index is 475. The van der Waals surface area contributed by atoms with Gasteiger partial charge in [-0.15, -0.1) is 0 Å². The Balaban J connectivity index is 2.19. The van der Waals surface area contributed by atoms with E-state index in [9.17, 15) is 0 Å². The lowest BCUT2D eigenvalue weighted by molar-refractivity contribution is 0.248. The maximum atomic E-state index is 7.43. The topological polar surface area (TPSA) is 56.4 Å². The van der Waals surface area contributed by atoms with Crippen LogP contribution in [0.1, 0.15) is 18.4 Å². The molecule has 1 aromatic carbocycles. The number of nitrogens with two attached hydrogens (primary N) is 1. The highest BCUT2D eigenvalue weighted by Crippen LogP contribution is 2.29. The van der Waals surface area contributed by atoms with Crippen LogP contribution in [0.25, 0.3) is 0 Å². The first-order chi connectivity index (χ1) is 8.99. The van der Waals surface area contributed by atoms with E-state index in [-0.39, 0.29) is 5.84 Å². The molecule has 0 amide bonds. The van der Waals surface area contributed by atoms with Crippen LogP contribution >= 0.6 is 11.6 Å². The van der Waals surface area contributed by atoms with Crippen LogP contribution in [0.5, 0.6) is 0 Å². The molecule has 1 aromatic rings. The Morgan fingerprint density at radius 3 is 2.84 bits per heavy atom. The number of likely N-dealkylation sites (N-methyl/N-ethyl adjacent to an activating group) is 2. The van der Waals surface area contributed by atoms with Crippen molar-refractivity contribution >= 4 is 23.1 Å². The number of nitrogens with zero attached hydrogens (tertiary/aromatic N) is 2. The summed E-state index contributed by atoms with van der Waals surface area (Å²) in [5, 5.41) is 8.09. The number of hydrogen-bond donors (Lipinski definition) is 2. The van der Waals surface area contributed by atoms with Crippen molar-refractivity contribution in [2.75, 3.05) is 32.1 Å². The van der Waals surface area contributed by atoms with Gasteiger partial charge >= 0.3 is 0 Å². The van der Waals surface area contributed by atoms with Crippen LogP contribution in [0, 0.1) is 5.41 Å². The third-order valence-electron chi connectivity index (χ3n) is 3.79. The standard InChI is InChI=1S/C14H21ClN4/c1-18-7-3-4-11(9-18)19(2)13-6-5-10(14(16)17)8-12(13)15/h5-6,8,11H,3-4,7,9H2,1-2H3,(H3,16,17). The van der Waals surface area contributed by atoms with E-state index >= 15 is 0 Å². The summed E-state index contributed by atoms with van der Waals surface area (Å²) in [6.07, 6.45) is 2.40. The molecule has 5 heteroatoms. The van der Waals surface area contributed by atoms with Gasteiger partial charge in [0, 0.05) is 25.2 Å². The van der Waals surface area contributed by atoms with Gasteiger partial charge < -0.3 is 15.5 Å². The van der Waals surface area contributed by atoms with Crippen molar-refractivity contribution < 1.29 is 0 Å². The van der Waals surface area contributed by atoms with Gasteiger partial charge in [-0.1, -0.05) is 11.6 Å². The Morgan fingerprint density at radius 2 is 2.26 bits per heavy atom. The molecule has 3 N–H and O–H groups in total. The van der Waals surface area contributed by atoms with Gasteiger partial charge in [0.1, 0.15) is 5.84 Å². The number of anilines is 1. The largest absolute Gasteiger partial charge is 0.384 e. The van der Waals surface area contributed by atoms with Gasteiger partial charge in [-0.25, -0.2) is 0 Å². The number of halogens is 1. The second-order valence-electron chi connectivity index (χ2n) is 5.25. The molecule has 0 aliphatic carbocycles. The molecule has 19 heavy (non-hydrogen) atoms. The maximum absolute atomic E-state index is 7.43. The summed E-state index contributed by atoms with van der Waals surface area (Å²) in [6, 6.07) is 6.06. The van der Waals surface area contributed by atoms with Crippen LogP contribution in [0.3, 0.4) is 0 Å². The lowest BCUT2D eigenvalue weighted by atomic mass is 10.0. The van der Waals surface area contributed by atoms with Crippen LogP contribution < -0.4 is 10.6 Å². The molecule has 0 radical (unpaired) electrons. The second-order valence-corrected chi connectivity index (χ2v) is 5.66. The lowest BCUT2D eigenvalue weighted by Crippen LogP contribution is -2.45. The van der Waals surface area contributed by atoms with E-state index in [0.29, 0.717) is 16.6 Å². The van der Waals surface area contributed by atoms with Gasteiger partial charge in [0.15, 0.2) is 0 Å². The minimum absolute atomic E-state index is 0.0495. The first-order valence-corrected chi connectivity index (χ1v) is 6.92. The Hall–Kier alpha value is -1.26. The molecule has 1 aliphatic heterocycles.